The zero-order valence-corrected chi connectivity index (χ0v) is 16.3. The molecule has 1 amide bonds. The van der Waals surface area contributed by atoms with Crippen molar-refractivity contribution in [2.75, 3.05) is 6.61 Å². The van der Waals surface area contributed by atoms with Crippen molar-refractivity contribution < 1.29 is 19.8 Å². The van der Waals surface area contributed by atoms with E-state index in [-0.39, 0.29) is 5.91 Å². The van der Waals surface area contributed by atoms with Gasteiger partial charge in [-0.15, -0.1) is 0 Å². The lowest BCUT2D eigenvalue weighted by molar-refractivity contribution is -0.142. The topological polar surface area (TPSA) is 86.6 Å². The number of aliphatic hydroxyl groups excluding tert-OH is 1. The second-order valence-electron chi connectivity index (χ2n) is 6.62. The van der Waals surface area contributed by atoms with E-state index in [2.05, 4.69) is 36.5 Å². The average Bonchev–Trinajstić information content (AvgIpc) is 2.62. The molecule has 0 saturated carbocycles. The van der Waals surface area contributed by atoms with Crippen LogP contribution in [0.15, 0.2) is 24.3 Å². The minimum Gasteiger partial charge on any atom is -0.480 e. The summed E-state index contributed by atoms with van der Waals surface area (Å²) >= 11 is 0. The van der Waals surface area contributed by atoms with Crippen molar-refractivity contribution >= 4 is 11.9 Å². The first-order chi connectivity index (χ1) is 12.6. The van der Waals surface area contributed by atoms with E-state index < -0.39 is 18.6 Å². The first-order valence-corrected chi connectivity index (χ1v) is 10.0. The molecule has 3 N–H and O–H groups in total. The number of amides is 1. The summed E-state index contributed by atoms with van der Waals surface area (Å²) < 4.78 is 0. The van der Waals surface area contributed by atoms with Gasteiger partial charge in [-0.05, 0) is 38.5 Å². The number of carboxylic acids is 1. The highest BCUT2D eigenvalue weighted by Crippen LogP contribution is 2.08. The Morgan fingerprint density at radius 1 is 0.885 bits per heavy atom. The van der Waals surface area contributed by atoms with Crippen molar-refractivity contribution in [1.82, 2.24) is 5.32 Å². The number of nitrogens with one attached hydrogen (secondary N) is 1. The van der Waals surface area contributed by atoms with E-state index in [0.29, 0.717) is 6.42 Å². The summed E-state index contributed by atoms with van der Waals surface area (Å²) in [5, 5.41) is 19.9. The maximum atomic E-state index is 11.6. The summed E-state index contributed by atoms with van der Waals surface area (Å²) in [5.74, 6) is -1.52. The number of aliphatic hydroxyl groups is 1. The molecule has 0 radical (unpaired) electrons. The van der Waals surface area contributed by atoms with Crippen molar-refractivity contribution in [3.05, 3.63) is 24.3 Å². The monoisotopic (exact) mass is 367 g/mol. The SMILES string of the molecule is CCCCC/C=C\C/C=C\CCCCCCCC(=O)N[C@@H](CO)C(=O)O. The average molecular weight is 368 g/mol. The third-order valence-electron chi connectivity index (χ3n) is 4.17. The third kappa shape index (κ3) is 15.9. The molecular formula is C21H37NO4. The Morgan fingerprint density at radius 2 is 1.46 bits per heavy atom. The van der Waals surface area contributed by atoms with E-state index in [0.717, 1.165) is 44.9 Å². The molecule has 0 heterocycles. The van der Waals surface area contributed by atoms with Crippen molar-refractivity contribution in [2.24, 2.45) is 0 Å². The van der Waals surface area contributed by atoms with Crippen LogP contribution >= 0.6 is 0 Å². The first kappa shape index (κ1) is 24.4. The number of unbranched alkanes of at least 4 members (excludes halogenated alkanes) is 8. The molecule has 5 heteroatoms. The fourth-order valence-electron chi connectivity index (χ4n) is 2.55. The first-order valence-electron chi connectivity index (χ1n) is 10.0. The number of aliphatic carboxylic acids is 1. The van der Waals surface area contributed by atoms with Gasteiger partial charge < -0.3 is 15.5 Å². The molecule has 0 aromatic carbocycles. The van der Waals surface area contributed by atoms with Crippen molar-refractivity contribution in [2.45, 2.75) is 90.0 Å². The predicted octanol–water partition coefficient (Wildman–Crippen LogP) is 4.36. The molecule has 0 aliphatic heterocycles. The van der Waals surface area contributed by atoms with Crippen LogP contribution in [0.5, 0.6) is 0 Å². The molecule has 0 rings (SSSR count). The number of allylic oxidation sites excluding steroid dienone is 4. The Hall–Kier alpha value is -1.62. The number of carbonyl (C=O) groups excluding carboxylic acids is 1. The van der Waals surface area contributed by atoms with Crippen LogP contribution in [0, 0.1) is 0 Å². The van der Waals surface area contributed by atoms with Crippen LogP contribution in [0.3, 0.4) is 0 Å². The van der Waals surface area contributed by atoms with Crippen LogP contribution in [0.2, 0.25) is 0 Å². The highest BCUT2D eigenvalue weighted by atomic mass is 16.4. The highest BCUT2D eigenvalue weighted by Gasteiger charge is 2.17. The Bertz CT molecular complexity index is 418. The van der Waals surface area contributed by atoms with E-state index in [4.69, 9.17) is 10.2 Å². The molecule has 0 aliphatic carbocycles. The van der Waals surface area contributed by atoms with Gasteiger partial charge in [0.1, 0.15) is 6.04 Å². The molecule has 150 valence electrons. The lowest BCUT2D eigenvalue weighted by atomic mass is 10.1. The summed E-state index contributed by atoms with van der Waals surface area (Å²) in [6.07, 6.45) is 21.6. The lowest BCUT2D eigenvalue weighted by Crippen LogP contribution is -2.43. The molecule has 0 unspecified atom stereocenters. The van der Waals surface area contributed by atoms with Crippen LogP contribution in [0.1, 0.15) is 84.0 Å². The number of rotatable bonds is 17. The second kappa shape index (κ2) is 18.2. The quantitative estimate of drug-likeness (QED) is 0.263. The minimum atomic E-state index is -1.21. The molecule has 1 atom stereocenters. The summed E-state index contributed by atoms with van der Waals surface area (Å²) in [4.78, 5) is 22.2. The zero-order valence-electron chi connectivity index (χ0n) is 16.3. The van der Waals surface area contributed by atoms with Gasteiger partial charge in [-0.2, -0.15) is 0 Å². The van der Waals surface area contributed by atoms with Crippen LogP contribution in [0.4, 0.5) is 0 Å². The molecule has 26 heavy (non-hydrogen) atoms. The molecule has 0 fully saturated rings. The zero-order chi connectivity index (χ0) is 19.5. The largest absolute Gasteiger partial charge is 0.480 e. The van der Waals surface area contributed by atoms with E-state index in [1.807, 2.05) is 0 Å². The number of hydrogen-bond donors (Lipinski definition) is 3. The summed E-state index contributed by atoms with van der Waals surface area (Å²) in [6, 6.07) is -1.19. The molecule has 0 aromatic rings. The molecule has 0 aliphatic rings. The fraction of sp³-hybridized carbons (Fsp3) is 0.714. The summed E-state index contributed by atoms with van der Waals surface area (Å²) in [6.45, 7) is 1.64. The van der Waals surface area contributed by atoms with Gasteiger partial charge in [0.2, 0.25) is 5.91 Å². The van der Waals surface area contributed by atoms with Crippen molar-refractivity contribution in [3.8, 4) is 0 Å². The van der Waals surface area contributed by atoms with Crippen LogP contribution < -0.4 is 5.32 Å². The van der Waals surface area contributed by atoms with Gasteiger partial charge in [0.25, 0.3) is 0 Å². The van der Waals surface area contributed by atoms with Gasteiger partial charge in [0.05, 0.1) is 6.61 Å². The normalized spacial score (nSPS) is 12.7. The molecule has 5 nitrogen and oxygen atoms in total. The number of carbonyl (C=O) groups is 2. The standard InChI is InChI=1S/C21H37NO4/c1-2-3-4-5-6-7-8-9-10-11-12-13-14-15-16-17-20(24)22-19(18-23)21(25)26/h6-7,9-10,19,23H,2-5,8,11-18H2,1H3,(H,22,24)(H,25,26)/b7-6-,10-9-/t19-/m0/s1. The molecule has 0 aromatic heterocycles. The van der Waals surface area contributed by atoms with Crippen LogP contribution in [-0.4, -0.2) is 34.7 Å². The van der Waals surface area contributed by atoms with E-state index in [1.165, 1.54) is 25.7 Å². The van der Waals surface area contributed by atoms with E-state index in [1.54, 1.807) is 0 Å². The lowest BCUT2D eigenvalue weighted by Gasteiger charge is -2.11. The Labute approximate surface area is 158 Å². The molecule has 0 saturated heterocycles. The van der Waals surface area contributed by atoms with Gasteiger partial charge in [0, 0.05) is 6.42 Å². The van der Waals surface area contributed by atoms with Crippen LogP contribution in [-0.2, 0) is 9.59 Å². The van der Waals surface area contributed by atoms with Gasteiger partial charge in [0.15, 0.2) is 0 Å². The van der Waals surface area contributed by atoms with E-state index in [9.17, 15) is 9.59 Å². The Kier molecular flexibility index (Phi) is 17.0. The molecular weight excluding hydrogens is 330 g/mol. The van der Waals surface area contributed by atoms with E-state index >= 15 is 0 Å². The Morgan fingerprint density at radius 3 is 2.04 bits per heavy atom. The van der Waals surface area contributed by atoms with Crippen molar-refractivity contribution in [3.63, 3.8) is 0 Å². The highest BCUT2D eigenvalue weighted by molar-refractivity contribution is 5.83. The maximum absolute atomic E-state index is 11.6. The minimum absolute atomic E-state index is 0.308. The smallest absolute Gasteiger partial charge is 0.328 e. The fourth-order valence-corrected chi connectivity index (χ4v) is 2.55. The molecule has 0 spiro atoms. The van der Waals surface area contributed by atoms with Gasteiger partial charge in [-0.25, -0.2) is 4.79 Å². The van der Waals surface area contributed by atoms with Gasteiger partial charge >= 0.3 is 5.97 Å². The van der Waals surface area contributed by atoms with Gasteiger partial charge in [-0.3, -0.25) is 4.79 Å². The van der Waals surface area contributed by atoms with Crippen molar-refractivity contribution in [1.29, 1.82) is 0 Å². The van der Waals surface area contributed by atoms with Gasteiger partial charge in [-0.1, -0.05) is 63.3 Å². The molecule has 0 bridgehead atoms. The number of hydrogen-bond acceptors (Lipinski definition) is 3. The maximum Gasteiger partial charge on any atom is 0.328 e. The number of carboxylic acid groups (broad SMARTS) is 1. The summed E-state index contributed by atoms with van der Waals surface area (Å²) in [7, 11) is 0. The second-order valence-corrected chi connectivity index (χ2v) is 6.62. The summed E-state index contributed by atoms with van der Waals surface area (Å²) in [5.41, 5.74) is 0. The van der Waals surface area contributed by atoms with Crippen LogP contribution in [0.25, 0.3) is 0 Å². The predicted molar refractivity (Wildman–Crippen MR) is 106 cm³/mol. The third-order valence-corrected chi connectivity index (χ3v) is 4.17. The Balaban J connectivity index is 3.44.